The first kappa shape index (κ1) is 22.0. The summed E-state index contributed by atoms with van der Waals surface area (Å²) in [5.74, 6) is -0.194. The van der Waals surface area contributed by atoms with E-state index >= 15 is 0 Å². The highest BCUT2D eigenvalue weighted by Crippen LogP contribution is 2.15. The van der Waals surface area contributed by atoms with E-state index in [1.807, 2.05) is 34.6 Å². The van der Waals surface area contributed by atoms with Gasteiger partial charge >= 0.3 is 5.97 Å². The van der Waals surface area contributed by atoms with Crippen molar-refractivity contribution >= 4 is 11.8 Å². The van der Waals surface area contributed by atoms with Crippen LogP contribution in [-0.2, 0) is 19.1 Å². The van der Waals surface area contributed by atoms with E-state index in [4.69, 9.17) is 9.47 Å². The molecule has 2 N–H and O–H groups in total. The number of nitrogens with one attached hydrogen (secondary N) is 2. The van der Waals surface area contributed by atoms with Gasteiger partial charge < -0.3 is 9.47 Å². The molecule has 0 aromatic heterocycles. The number of hydrogen-bond donors (Lipinski definition) is 2. The van der Waals surface area contributed by atoms with Crippen LogP contribution >= 0.6 is 0 Å². The lowest BCUT2D eigenvalue weighted by atomic mass is 9.97. The molecule has 136 valence electrons. The lowest BCUT2D eigenvalue weighted by Crippen LogP contribution is -2.50. The number of esters is 1. The fourth-order valence-corrected chi connectivity index (χ4v) is 1.44. The largest absolute Gasteiger partial charge is 0.464 e. The average Bonchev–Trinajstić information content (AvgIpc) is 2.36. The lowest BCUT2D eigenvalue weighted by Gasteiger charge is -2.29. The van der Waals surface area contributed by atoms with Crippen LogP contribution in [-0.4, -0.2) is 42.7 Å². The quantitative estimate of drug-likeness (QED) is 0.363. The Kier molecular flexibility index (Phi) is 8.38. The first-order valence-electron chi connectivity index (χ1n) is 8.10. The Morgan fingerprint density at radius 3 is 2.00 bits per heavy atom. The summed E-state index contributed by atoms with van der Waals surface area (Å²) in [4.78, 5) is 23.0. The van der Waals surface area contributed by atoms with Crippen LogP contribution in [0.1, 0.15) is 61.8 Å². The Morgan fingerprint density at radius 2 is 1.52 bits per heavy atom. The molecule has 6 nitrogen and oxygen atoms in total. The third kappa shape index (κ3) is 9.69. The minimum absolute atomic E-state index is 0.0158. The molecule has 0 aliphatic heterocycles. The van der Waals surface area contributed by atoms with Gasteiger partial charge in [-0.1, -0.05) is 0 Å². The Bertz CT molecular complexity index is 398. The van der Waals surface area contributed by atoms with Gasteiger partial charge in [0.1, 0.15) is 12.2 Å². The monoisotopic (exact) mass is 330 g/mol. The topological polar surface area (TPSA) is 76.7 Å². The average molecular weight is 330 g/mol. The first-order chi connectivity index (χ1) is 10.3. The Balaban J connectivity index is 3.93. The van der Waals surface area contributed by atoms with Crippen molar-refractivity contribution in [1.29, 1.82) is 0 Å². The summed E-state index contributed by atoms with van der Waals surface area (Å²) >= 11 is 0. The molecular weight excluding hydrogens is 296 g/mol. The Labute approximate surface area is 140 Å². The van der Waals surface area contributed by atoms with Crippen LogP contribution in [0.25, 0.3) is 0 Å². The smallest absolute Gasteiger partial charge is 0.311 e. The maximum Gasteiger partial charge on any atom is 0.311 e. The molecule has 0 saturated carbocycles. The molecule has 0 spiro atoms. The van der Waals surface area contributed by atoms with Crippen molar-refractivity contribution in [2.45, 2.75) is 73.0 Å². The zero-order valence-corrected chi connectivity index (χ0v) is 16.0. The summed E-state index contributed by atoms with van der Waals surface area (Å²) in [6.45, 7) is 15.9. The SMILES string of the molecule is CC(=O)C(C)(C)OCCC(C)(C)NNCCOC(=O)C(C)(C)C. The van der Waals surface area contributed by atoms with E-state index < -0.39 is 11.0 Å². The van der Waals surface area contributed by atoms with E-state index in [0.717, 1.165) is 6.42 Å². The van der Waals surface area contributed by atoms with E-state index in [-0.39, 0.29) is 17.3 Å². The summed E-state index contributed by atoms with van der Waals surface area (Å²) in [6, 6.07) is 0. The van der Waals surface area contributed by atoms with Gasteiger partial charge in [-0.05, 0) is 61.8 Å². The van der Waals surface area contributed by atoms with Gasteiger partial charge in [0.05, 0.1) is 5.41 Å². The van der Waals surface area contributed by atoms with Gasteiger partial charge in [-0.2, -0.15) is 0 Å². The molecule has 0 unspecified atom stereocenters. The molecule has 6 heteroatoms. The van der Waals surface area contributed by atoms with Gasteiger partial charge in [-0.15, -0.1) is 0 Å². The zero-order valence-electron chi connectivity index (χ0n) is 16.0. The first-order valence-corrected chi connectivity index (χ1v) is 8.10. The molecule has 0 atom stereocenters. The van der Waals surface area contributed by atoms with Gasteiger partial charge in [0.2, 0.25) is 0 Å². The Hall–Kier alpha value is -0.980. The summed E-state index contributed by atoms with van der Waals surface area (Å²) in [5.41, 5.74) is 4.80. The van der Waals surface area contributed by atoms with Gasteiger partial charge in [0.25, 0.3) is 0 Å². The maximum atomic E-state index is 11.6. The number of hydrazine groups is 1. The molecule has 0 aliphatic rings. The molecular formula is C17H34N2O4. The second-order valence-electron chi connectivity index (χ2n) is 7.99. The fraction of sp³-hybridized carbons (Fsp3) is 0.882. The van der Waals surface area contributed by atoms with E-state index in [9.17, 15) is 9.59 Å². The van der Waals surface area contributed by atoms with E-state index in [1.54, 1.807) is 13.8 Å². The molecule has 23 heavy (non-hydrogen) atoms. The molecule has 0 heterocycles. The van der Waals surface area contributed by atoms with E-state index in [1.165, 1.54) is 6.92 Å². The molecule has 0 aromatic carbocycles. The summed E-state index contributed by atoms with van der Waals surface area (Å²) in [5, 5.41) is 0. The van der Waals surface area contributed by atoms with Crippen LogP contribution in [0.15, 0.2) is 0 Å². The standard InChI is InChI=1S/C17H34N2O4/c1-13(20)17(7,8)23-11-9-16(5,6)19-18-10-12-22-14(21)15(2,3)4/h18-19H,9-12H2,1-8H3. The molecule has 0 aromatic rings. The van der Waals surface area contributed by atoms with Crippen LogP contribution in [0.4, 0.5) is 0 Å². The molecule has 0 amide bonds. The van der Waals surface area contributed by atoms with Crippen molar-refractivity contribution in [1.82, 2.24) is 10.9 Å². The van der Waals surface area contributed by atoms with Crippen LogP contribution in [0, 0.1) is 5.41 Å². The second kappa shape index (κ2) is 8.76. The zero-order chi connectivity index (χ0) is 18.3. The number of carbonyl (C=O) groups excluding carboxylic acids is 2. The van der Waals surface area contributed by atoms with Crippen molar-refractivity contribution in [3.05, 3.63) is 0 Å². The number of carbonyl (C=O) groups is 2. The highest BCUT2D eigenvalue weighted by Gasteiger charge is 2.26. The van der Waals surface area contributed by atoms with Gasteiger partial charge in [0.15, 0.2) is 5.78 Å². The number of Topliss-reactive ketones (excluding diaryl/α,β-unsaturated/α-hetero) is 1. The van der Waals surface area contributed by atoms with Crippen molar-refractivity contribution < 1.29 is 19.1 Å². The molecule has 0 fully saturated rings. The number of hydrogen-bond acceptors (Lipinski definition) is 6. The third-order valence-corrected chi connectivity index (χ3v) is 3.54. The third-order valence-electron chi connectivity index (χ3n) is 3.54. The highest BCUT2D eigenvalue weighted by molar-refractivity contribution is 5.83. The Morgan fingerprint density at radius 1 is 0.957 bits per heavy atom. The second-order valence-corrected chi connectivity index (χ2v) is 7.99. The molecule has 0 radical (unpaired) electrons. The fourth-order valence-electron chi connectivity index (χ4n) is 1.44. The van der Waals surface area contributed by atoms with Crippen molar-refractivity contribution in [3.63, 3.8) is 0 Å². The molecule has 0 bridgehead atoms. The molecule has 0 rings (SSSR count). The van der Waals surface area contributed by atoms with Crippen LogP contribution in [0.2, 0.25) is 0 Å². The minimum atomic E-state index is -0.745. The van der Waals surface area contributed by atoms with Crippen LogP contribution in [0.5, 0.6) is 0 Å². The van der Waals surface area contributed by atoms with Crippen molar-refractivity contribution in [2.75, 3.05) is 19.8 Å². The summed E-state index contributed by atoms with van der Waals surface area (Å²) < 4.78 is 10.8. The van der Waals surface area contributed by atoms with Crippen molar-refractivity contribution in [2.24, 2.45) is 5.41 Å². The van der Waals surface area contributed by atoms with E-state index in [2.05, 4.69) is 10.9 Å². The van der Waals surface area contributed by atoms with Crippen LogP contribution in [0.3, 0.4) is 0 Å². The minimum Gasteiger partial charge on any atom is -0.464 e. The summed E-state index contributed by atoms with van der Waals surface area (Å²) in [7, 11) is 0. The predicted octanol–water partition coefficient (Wildman–Crippen LogP) is 2.22. The number of ether oxygens (including phenoxy) is 2. The maximum absolute atomic E-state index is 11.6. The van der Waals surface area contributed by atoms with E-state index in [0.29, 0.717) is 19.8 Å². The van der Waals surface area contributed by atoms with Crippen LogP contribution < -0.4 is 10.9 Å². The number of rotatable bonds is 10. The van der Waals surface area contributed by atoms with Gasteiger partial charge in [-0.3, -0.25) is 20.4 Å². The highest BCUT2D eigenvalue weighted by atomic mass is 16.5. The predicted molar refractivity (Wildman–Crippen MR) is 91.0 cm³/mol. The van der Waals surface area contributed by atoms with Crippen molar-refractivity contribution in [3.8, 4) is 0 Å². The summed E-state index contributed by atoms with van der Waals surface area (Å²) in [6.07, 6.45) is 0.735. The lowest BCUT2D eigenvalue weighted by molar-refractivity contribution is -0.152. The number of ketones is 1. The van der Waals surface area contributed by atoms with Gasteiger partial charge in [0, 0.05) is 18.7 Å². The molecule has 0 saturated heterocycles. The normalized spacial score (nSPS) is 13.0. The van der Waals surface area contributed by atoms with Gasteiger partial charge in [-0.25, -0.2) is 0 Å². The molecule has 0 aliphatic carbocycles.